The Bertz CT molecular complexity index is 673. The van der Waals surface area contributed by atoms with Crippen molar-refractivity contribution in [3.8, 4) is 0 Å². The van der Waals surface area contributed by atoms with Crippen molar-refractivity contribution in [2.75, 3.05) is 46.4 Å². The van der Waals surface area contributed by atoms with Crippen LogP contribution in [0, 0.1) is 6.92 Å². The third-order valence-electron chi connectivity index (χ3n) is 5.58. The van der Waals surface area contributed by atoms with Crippen LogP contribution in [0.15, 0.2) is 24.3 Å². The molecule has 0 atom stereocenters. The number of hydrogen-bond donors (Lipinski definition) is 1. The maximum Gasteiger partial charge on any atom is 0.320 e. The summed E-state index contributed by atoms with van der Waals surface area (Å²) in [6.45, 7) is 6.96. The van der Waals surface area contributed by atoms with E-state index in [1.165, 1.54) is 11.1 Å². The maximum atomic E-state index is 12.9. The minimum absolute atomic E-state index is 0.0108. The molecule has 2 fully saturated rings. The number of aryl methyl sites for hydroxylation is 1. The molecule has 28 heavy (non-hydrogen) atoms. The lowest BCUT2D eigenvalue weighted by Crippen LogP contribution is -2.50. The zero-order valence-electron chi connectivity index (χ0n) is 17.0. The van der Waals surface area contributed by atoms with Gasteiger partial charge in [-0.1, -0.05) is 29.8 Å². The van der Waals surface area contributed by atoms with Crippen LogP contribution in [-0.2, 0) is 11.3 Å². The first kappa shape index (κ1) is 20.5. The number of carbonyl (C=O) groups is 2. The second-order valence-electron chi connectivity index (χ2n) is 7.68. The van der Waals surface area contributed by atoms with Crippen LogP contribution < -0.4 is 5.32 Å². The van der Waals surface area contributed by atoms with Crippen molar-refractivity contribution in [3.63, 3.8) is 0 Å². The van der Waals surface area contributed by atoms with E-state index in [-0.39, 0.29) is 18.1 Å². The first-order valence-electron chi connectivity index (χ1n) is 10.2. The molecule has 1 N–H and O–H groups in total. The second-order valence-corrected chi connectivity index (χ2v) is 7.68. The average Bonchev–Trinajstić information content (AvgIpc) is 3.05. The summed E-state index contributed by atoms with van der Waals surface area (Å²) >= 11 is 0. The Morgan fingerprint density at radius 3 is 2.71 bits per heavy atom. The first-order valence-corrected chi connectivity index (χ1v) is 10.2. The lowest BCUT2D eigenvalue weighted by Gasteiger charge is -2.36. The van der Waals surface area contributed by atoms with Crippen LogP contribution in [0.25, 0.3) is 0 Å². The van der Waals surface area contributed by atoms with E-state index in [2.05, 4.69) is 30.4 Å². The fourth-order valence-electron chi connectivity index (χ4n) is 4.02. The van der Waals surface area contributed by atoms with Crippen LogP contribution in [0.4, 0.5) is 9.59 Å². The zero-order valence-corrected chi connectivity index (χ0v) is 17.0. The lowest BCUT2D eigenvalue weighted by molar-refractivity contribution is 0.134. The molecule has 2 saturated heterocycles. The highest BCUT2D eigenvalue weighted by Crippen LogP contribution is 2.23. The van der Waals surface area contributed by atoms with E-state index in [1.807, 2.05) is 20.8 Å². The molecule has 2 heterocycles. The van der Waals surface area contributed by atoms with Crippen molar-refractivity contribution in [3.05, 3.63) is 35.4 Å². The van der Waals surface area contributed by atoms with E-state index in [4.69, 9.17) is 4.74 Å². The van der Waals surface area contributed by atoms with E-state index >= 15 is 0 Å². The van der Waals surface area contributed by atoms with Gasteiger partial charge in [-0.15, -0.1) is 0 Å². The Morgan fingerprint density at radius 2 is 2.00 bits per heavy atom. The molecule has 2 aliphatic rings. The van der Waals surface area contributed by atoms with E-state index in [1.54, 1.807) is 7.11 Å². The number of hydrogen-bond acceptors (Lipinski definition) is 3. The number of urea groups is 2. The summed E-state index contributed by atoms with van der Waals surface area (Å²) in [6, 6.07) is 8.68. The summed E-state index contributed by atoms with van der Waals surface area (Å²) in [5, 5.41) is 2.94. The highest BCUT2D eigenvalue weighted by Gasteiger charge is 2.35. The number of piperidine rings is 1. The molecule has 2 aliphatic heterocycles. The number of amides is 4. The zero-order chi connectivity index (χ0) is 19.9. The van der Waals surface area contributed by atoms with Gasteiger partial charge in [0.25, 0.3) is 0 Å². The molecule has 3 rings (SSSR count). The number of nitrogens with one attached hydrogen (secondary N) is 1. The van der Waals surface area contributed by atoms with E-state index < -0.39 is 0 Å². The molecule has 7 heteroatoms. The minimum atomic E-state index is -0.0108. The van der Waals surface area contributed by atoms with Gasteiger partial charge >= 0.3 is 12.1 Å². The highest BCUT2D eigenvalue weighted by molar-refractivity contribution is 5.77. The largest absolute Gasteiger partial charge is 0.385 e. The van der Waals surface area contributed by atoms with Gasteiger partial charge in [-0.3, -0.25) is 0 Å². The van der Waals surface area contributed by atoms with Gasteiger partial charge in [0.2, 0.25) is 0 Å². The van der Waals surface area contributed by atoms with Crippen LogP contribution in [0.5, 0.6) is 0 Å². The molecule has 0 radical (unpaired) electrons. The number of carbonyl (C=O) groups excluding carboxylic acids is 2. The summed E-state index contributed by atoms with van der Waals surface area (Å²) in [5.74, 6) is 0. The van der Waals surface area contributed by atoms with Gasteiger partial charge in [-0.05, 0) is 31.7 Å². The van der Waals surface area contributed by atoms with E-state index in [9.17, 15) is 9.59 Å². The molecule has 4 amide bonds. The molecule has 1 aromatic carbocycles. The molecule has 0 spiro atoms. The van der Waals surface area contributed by atoms with Crippen molar-refractivity contribution < 1.29 is 14.3 Å². The number of nitrogens with zero attached hydrogens (tertiary/aromatic N) is 3. The van der Waals surface area contributed by atoms with Crippen molar-refractivity contribution in [2.24, 2.45) is 0 Å². The third kappa shape index (κ3) is 5.16. The van der Waals surface area contributed by atoms with Gasteiger partial charge in [-0.2, -0.15) is 0 Å². The molecule has 0 aromatic heterocycles. The fraction of sp³-hybridized carbons (Fsp3) is 0.619. The molecule has 0 aliphatic carbocycles. The molecule has 1 aromatic rings. The Kier molecular flexibility index (Phi) is 7.14. The highest BCUT2D eigenvalue weighted by atomic mass is 16.5. The van der Waals surface area contributed by atoms with Crippen LogP contribution in [-0.4, -0.2) is 79.2 Å². The Morgan fingerprint density at radius 1 is 1.21 bits per heavy atom. The summed E-state index contributed by atoms with van der Waals surface area (Å²) < 4.78 is 5.00. The van der Waals surface area contributed by atoms with Gasteiger partial charge in [0.1, 0.15) is 0 Å². The summed E-state index contributed by atoms with van der Waals surface area (Å²) in [6.07, 6.45) is 2.50. The fourth-order valence-corrected chi connectivity index (χ4v) is 4.02. The van der Waals surface area contributed by atoms with Gasteiger partial charge in [0.15, 0.2) is 0 Å². The summed E-state index contributed by atoms with van der Waals surface area (Å²) in [5.41, 5.74) is 2.39. The Hall–Kier alpha value is -2.28. The average molecular weight is 389 g/mol. The van der Waals surface area contributed by atoms with E-state index in [0.717, 1.165) is 32.4 Å². The number of benzene rings is 1. The van der Waals surface area contributed by atoms with Crippen LogP contribution in [0.1, 0.15) is 30.4 Å². The topological polar surface area (TPSA) is 65.1 Å². The number of methoxy groups -OCH3 is 1. The van der Waals surface area contributed by atoms with Gasteiger partial charge in [0.05, 0.1) is 0 Å². The monoisotopic (exact) mass is 388 g/mol. The van der Waals surface area contributed by atoms with Crippen molar-refractivity contribution >= 4 is 12.1 Å². The number of ether oxygens (including phenoxy) is 1. The van der Waals surface area contributed by atoms with Crippen molar-refractivity contribution in [2.45, 2.75) is 38.8 Å². The molecular weight excluding hydrogens is 356 g/mol. The van der Waals surface area contributed by atoms with Gasteiger partial charge in [0, 0.05) is 59.0 Å². The predicted octanol–water partition coefficient (Wildman–Crippen LogP) is 2.44. The minimum Gasteiger partial charge on any atom is -0.385 e. The Balaban J connectivity index is 1.44. The lowest BCUT2D eigenvalue weighted by atomic mass is 10.0. The Labute approximate surface area is 167 Å². The van der Waals surface area contributed by atoms with Crippen LogP contribution in [0.3, 0.4) is 0 Å². The SMILES string of the molecule is COCCCNC(=O)N1CCC(N2CCN(Cc3cccc(C)c3)C2=O)CC1. The maximum absolute atomic E-state index is 12.9. The van der Waals surface area contributed by atoms with Crippen molar-refractivity contribution in [1.29, 1.82) is 0 Å². The number of likely N-dealkylation sites (tertiary alicyclic amines) is 1. The quantitative estimate of drug-likeness (QED) is 0.730. The molecule has 0 bridgehead atoms. The molecular formula is C21H32N4O3. The normalized spacial score (nSPS) is 18.1. The number of rotatable bonds is 7. The molecule has 0 saturated carbocycles. The van der Waals surface area contributed by atoms with Gasteiger partial charge < -0.3 is 24.8 Å². The van der Waals surface area contributed by atoms with Crippen molar-refractivity contribution in [1.82, 2.24) is 20.0 Å². The molecule has 0 unspecified atom stereocenters. The first-order chi connectivity index (χ1) is 13.6. The standard InChI is InChI=1S/C21H32N4O3/c1-17-5-3-6-18(15-17)16-24-12-13-25(21(24)27)19-7-10-23(11-8-19)20(26)22-9-4-14-28-2/h3,5-6,15,19H,4,7-14,16H2,1-2H3,(H,22,26). The van der Waals surface area contributed by atoms with Crippen LogP contribution in [0.2, 0.25) is 0 Å². The van der Waals surface area contributed by atoms with E-state index in [0.29, 0.717) is 32.8 Å². The molecule has 154 valence electrons. The summed E-state index contributed by atoms with van der Waals surface area (Å²) in [7, 11) is 1.66. The summed E-state index contributed by atoms with van der Waals surface area (Å²) in [4.78, 5) is 30.9. The van der Waals surface area contributed by atoms with Gasteiger partial charge in [-0.25, -0.2) is 9.59 Å². The predicted molar refractivity (Wildman–Crippen MR) is 108 cm³/mol. The second kappa shape index (κ2) is 9.78. The third-order valence-corrected chi connectivity index (χ3v) is 5.58. The smallest absolute Gasteiger partial charge is 0.320 e. The molecule has 7 nitrogen and oxygen atoms in total. The van der Waals surface area contributed by atoms with Crippen LogP contribution >= 0.6 is 0 Å².